The lowest BCUT2D eigenvalue weighted by atomic mass is 10.1. The van der Waals surface area contributed by atoms with Crippen molar-refractivity contribution >= 4 is 51.5 Å². The van der Waals surface area contributed by atoms with Crippen LogP contribution >= 0.6 is 22.6 Å². The molecular weight excluding hydrogens is 629 g/mol. The molecule has 4 heterocycles. The van der Waals surface area contributed by atoms with Crippen LogP contribution in [0.2, 0.25) is 0 Å². The molecule has 0 aliphatic carbocycles. The van der Waals surface area contributed by atoms with Gasteiger partial charge in [-0.15, -0.1) is 0 Å². The lowest BCUT2D eigenvalue weighted by molar-refractivity contribution is -0.117. The molecule has 10 nitrogen and oxygen atoms in total. The van der Waals surface area contributed by atoms with Crippen molar-refractivity contribution in [3.05, 3.63) is 76.3 Å². The number of nitrogens with zero attached hydrogens (tertiary/aromatic N) is 6. The summed E-state index contributed by atoms with van der Waals surface area (Å²) in [5.41, 5.74) is 5.86. The van der Waals surface area contributed by atoms with Crippen molar-refractivity contribution < 1.29 is 4.79 Å². The van der Waals surface area contributed by atoms with Gasteiger partial charge >= 0.3 is 0 Å². The Hall–Kier alpha value is -3.55. The summed E-state index contributed by atoms with van der Waals surface area (Å²) in [7, 11) is 1.97. The van der Waals surface area contributed by atoms with E-state index in [-0.39, 0.29) is 11.9 Å². The van der Waals surface area contributed by atoms with E-state index in [1.54, 1.807) is 6.20 Å². The molecule has 41 heavy (non-hydrogen) atoms. The highest BCUT2D eigenvalue weighted by Crippen LogP contribution is 2.24. The first-order valence-corrected chi connectivity index (χ1v) is 15.1. The molecule has 6 rings (SSSR count). The van der Waals surface area contributed by atoms with Crippen molar-refractivity contribution in [2.75, 3.05) is 48.3 Å². The first kappa shape index (κ1) is 27.6. The Morgan fingerprint density at radius 2 is 1.78 bits per heavy atom. The Kier molecular flexibility index (Phi) is 8.44. The first-order chi connectivity index (χ1) is 20.0. The maximum absolute atomic E-state index is 12.4. The number of hydrogen-bond acceptors (Lipinski definition) is 8. The lowest BCUT2D eigenvalue weighted by Gasteiger charge is -2.35. The number of amides is 1. The number of aryl methyl sites for hydroxylation is 1. The van der Waals surface area contributed by atoms with Gasteiger partial charge in [0.1, 0.15) is 0 Å². The highest BCUT2D eigenvalue weighted by molar-refractivity contribution is 14.1. The maximum atomic E-state index is 12.4. The van der Waals surface area contributed by atoms with Crippen molar-refractivity contribution in [3.8, 4) is 11.3 Å². The molecule has 0 saturated carbocycles. The molecule has 3 N–H and O–H groups in total. The predicted octanol–water partition coefficient (Wildman–Crippen LogP) is 4.24. The second-order valence-corrected chi connectivity index (χ2v) is 11.7. The number of halogens is 1. The number of nitrogens with one attached hydrogen (secondary N) is 3. The quantitative estimate of drug-likeness (QED) is 0.241. The molecule has 2 saturated heterocycles. The Morgan fingerprint density at radius 3 is 2.46 bits per heavy atom. The van der Waals surface area contributed by atoms with E-state index in [1.807, 2.05) is 42.1 Å². The summed E-state index contributed by atoms with van der Waals surface area (Å²) in [4.78, 5) is 26.4. The monoisotopic (exact) mass is 663 g/mol. The number of anilines is 4. The van der Waals surface area contributed by atoms with Gasteiger partial charge in [-0.05, 0) is 84.4 Å². The molecule has 0 bridgehead atoms. The number of carbonyl (C=O) groups is 1. The molecule has 0 radical (unpaired) electrons. The van der Waals surface area contributed by atoms with Gasteiger partial charge in [-0.25, -0.2) is 9.97 Å². The molecule has 2 fully saturated rings. The highest BCUT2D eigenvalue weighted by Gasteiger charge is 2.22. The molecule has 2 aromatic heterocycles. The maximum Gasteiger partial charge on any atom is 0.241 e. The largest absolute Gasteiger partial charge is 0.369 e. The van der Waals surface area contributed by atoms with Crippen LogP contribution in [-0.2, 0) is 18.4 Å². The Morgan fingerprint density at radius 1 is 1.02 bits per heavy atom. The zero-order chi connectivity index (χ0) is 28.2. The Bertz CT molecular complexity index is 1470. The molecule has 4 aromatic rings. The van der Waals surface area contributed by atoms with Gasteiger partial charge in [0.05, 0.1) is 21.0 Å². The van der Waals surface area contributed by atoms with Crippen LogP contribution in [-0.4, -0.2) is 69.3 Å². The van der Waals surface area contributed by atoms with E-state index >= 15 is 0 Å². The number of aromatic nitrogens is 4. The van der Waals surface area contributed by atoms with Crippen LogP contribution < -0.4 is 20.9 Å². The van der Waals surface area contributed by atoms with Gasteiger partial charge in [0.25, 0.3) is 0 Å². The Balaban J connectivity index is 1.03. The van der Waals surface area contributed by atoms with Crippen molar-refractivity contribution in [2.24, 2.45) is 7.05 Å². The minimum atomic E-state index is -0.101. The van der Waals surface area contributed by atoms with E-state index in [0.29, 0.717) is 5.95 Å². The van der Waals surface area contributed by atoms with E-state index in [1.165, 1.54) is 9.26 Å². The van der Waals surface area contributed by atoms with Crippen LogP contribution in [0.15, 0.2) is 67.0 Å². The van der Waals surface area contributed by atoms with Gasteiger partial charge in [-0.2, -0.15) is 5.10 Å². The van der Waals surface area contributed by atoms with Crippen molar-refractivity contribution in [1.82, 2.24) is 30.0 Å². The number of benzene rings is 2. The highest BCUT2D eigenvalue weighted by atomic mass is 127. The molecule has 2 aliphatic heterocycles. The molecular formula is C30H34IN9O. The van der Waals surface area contributed by atoms with E-state index in [0.717, 1.165) is 80.4 Å². The summed E-state index contributed by atoms with van der Waals surface area (Å²) >= 11 is 2.37. The second-order valence-electron chi connectivity index (χ2n) is 10.5. The molecule has 2 aromatic carbocycles. The van der Waals surface area contributed by atoms with Gasteiger partial charge in [-0.1, -0.05) is 12.1 Å². The van der Waals surface area contributed by atoms with Gasteiger partial charge in [0, 0.05) is 74.8 Å². The van der Waals surface area contributed by atoms with E-state index < -0.39 is 0 Å². The standard InChI is InChI=1S/C30H34IN9O/c1-38-19-25(31)28(37-38)20-39-15-17-40(18-16-39)24-10-8-23(9-11-24)35-30-33-14-12-26(36-30)21-4-6-22(7-5-21)34-29(41)27-3-2-13-32-27/h4-12,14,19,27,32H,2-3,13,15-18,20H2,1H3,(H,34,41)(H,33,35,36)/t27-/m1/s1. The number of carbonyl (C=O) groups excluding carboxylic acids is 1. The summed E-state index contributed by atoms with van der Waals surface area (Å²) in [6.45, 7) is 5.79. The summed E-state index contributed by atoms with van der Waals surface area (Å²) in [6, 6.07) is 18.0. The van der Waals surface area contributed by atoms with E-state index in [9.17, 15) is 4.79 Å². The molecule has 11 heteroatoms. The summed E-state index contributed by atoms with van der Waals surface area (Å²) < 4.78 is 3.11. The average molecular weight is 664 g/mol. The van der Waals surface area contributed by atoms with Crippen LogP contribution in [0.4, 0.5) is 23.0 Å². The van der Waals surface area contributed by atoms with Gasteiger partial charge < -0.3 is 20.9 Å². The normalized spacial score (nSPS) is 17.5. The third kappa shape index (κ3) is 6.85. The SMILES string of the molecule is Cn1cc(I)c(CN2CCN(c3ccc(Nc4nccc(-c5ccc(NC(=O)[C@H]6CCCN6)cc5)n4)cc3)CC2)n1. The minimum absolute atomic E-state index is 0.0208. The fourth-order valence-corrected chi connectivity index (χ4v) is 6.00. The third-order valence-corrected chi connectivity index (χ3v) is 8.47. The zero-order valence-corrected chi connectivity index (χ0v) is 25.2. The van der Waals surface area contributed by atoms with E-state index in [4.69, 9.17) is 4.98 Å². The molecule has 0 spiro atoms. The summed E-state index contributed by atoms with van der Waals surface area (Å²) in [5.74, 6) is 0.560. The average Bonchev–Trinajstić information content (AvgIpc) is 3.64. The van der Waals surface area contributed by atoms with Crippen LogP contribution in [0.3, 0.4) is 0 Å². The number of hydrogen-bond donors (Lipinski definition) is 3. The third-order valence-electron chi connectivity index (χ3n) is 7.57. The molecule has 1 atom stereocenters. The van der Waals surface area contributed by atoms with Crippen molar-refractivity contribution in [1.29, 1.82) is 0 Å². The Labute approximate surface area is 253 Å². The minimum Gasteiger partial charge on any atom is -0.369 e. The smallest absolute Gasteiger partial charge is 0.241 e. The van der Waals surface area contributed by atoms with Crippen molar-refractivity contribution in [3.63, 3.8) is 0 Å². The number of piperazine rings is 1. The van der Waals surface area contributed by atoms with Crippen molar-refractivity contribution in [2.45, 2.75) is 25.4 Å². The lowest BCUT2D eigenvalue weighted by Crippen LogP contribution is -2.46. The molecule has 0 unspecified atom stereocenters. The summed E-state index contributed by atoms with van der Waals surface area (Å²) in [5, 5.41) is 14.1. The van der Waals surface area contributed by atoms with Gasteiger partial charge in [0.2, 0.25) is 11.9 Å². The summed E-state index contributed by atoms with van der Waals surface area (Å²) in [6.07, 6.45) is 5.74. The zero-order valence-electron chi connectivity index (χ0n) is 23.1. The van der Waals surface area contributed by atoms with Crippen LogP contribution in [0.25, 0.3) is 11.3 Å². The topological polar surface area (TPSA) is 103 Å². The van der Waals surface area contributed by atoms with Gasteiger partial charge in [-0.3, -0.25) is 14.4 Å². The first-order valence-electron chi connectivity index (χ1n) is 14.0. The second kappa shape index (κ2) is 12.5. The van der Waals surface area contributed by atoms with Crippen LogP contribution in [0, 0.1) is 3.57 Å². The van der Waals surface area contributed by atoms with Gasteiger partial charge in [0.15, 0.2) is 0 Å². The fraction of sp³-hybridized carbons (Fsp3) is 0.333. The molecule has 2 aliphatic rings. The van der Waals surface area contributed by atoms with E-state index in [2.05, 4.69) is 88.9 Å². The number of rotatable bonds is 8. The fourth-order valence-electron chi connectivity index (χ4n) is 5.32. The molecule has 212 valence electrons. The molecule has 1 amide bonds. The predicted molar refractivity (Wildman–Crippen MR) is 170 cm³/mol. The van der Waals surface area contributed by atoms with Crippen LogP contribution in [0.5, 0.6) is 0 Å². The van der Waals surface area contributed by atoms with Crippen LogP contribution in [0.1, 0.15) is 18.5 Å².